The van der Waals surface area contributed by atoms with Crippen LogP contribution in [0.2, 0.25) is 0 Å². The lowest BCUT2D eigenvalue weighted by molar-refractivity contribution is -0.148. The van der Waals surface area contributed by atoms with Crippen molar-refractivity contribution in [2.24, 2.45) is 22.5 Å². The Morgan fingerprint density at radius 1 is 1.43 bits per heavy atom. The normalized spacial score (nSPS) is 28.7. The molecular weight excluding hydrogens is 292 g/mol. The van der Waals surface area contributed by atoms with E-state index in [0.29, 0.717) is 19.6 Å². The molecule has 3 rings (SSSR count). The van der Waals surface area contributed by atoms with Gasteiger partial charge in [-0.15, -0.1) is 0 Å². The first-order valence-electron chi connectivity index (χ1n) is 8.02. The molecular formula is C17H24N4O2. The number of primary amides is 1. The van der Waals surface area contributed by atoms with Gasteiger partial charge in [-0.3, -0.25) is 19.5 Å². The molecule has 6 nitrogen and oxygen atoms in total. The standard InChI is InChI=1S/C17H24N4O2/c1-16(2)10-17(15(18)23)11-21(8-13(16)17)9-14(22)20-7-12-5-3-4-6-19-12/h3-6,13H,7-11H2,1-2H3,(H2,18,23)(H,20,22)/t13-,17+/m1/s1. The molecule has 0 radical (unpaired) electrons. The average molecular weight is 316 g/mol. The molecule has 1 aromatic heterocycles. The number of fused-ring (bicyclic) bond motifs is 1. The monoisotopic (exact) mass is 316 g/mol. The average Bonchev–Trinajstić information content (AvgIpc) is 2.81. The van der Waals surface area contributed by atoms with E-state index in [9.17, 15) is 9.59 Å². The van der Waals surface area contributed by atoms with Crippen LogP contribution in [0.4, 0.5) is 0 Å². The number of rotatable bonds is 5. The molecule has 2 aliphatic rings. The number of carbonyl (C=O) groups excluding carboxylic acids is 2. The molecule has 2 atom stereocenters. The van der Waals surface area contributed by atoms with Crippen molar-refractivity contribution in [3.05, 3.63) is 30.1 Å². The molecule has 2 fully saturated rings. The SMILES string of the molecule is CC1(C)C[C@]2(C(N)=O)CN(CC(=O)NCc3ccccn3)C[C@H]12. The first kappa shape index (κ1) is 15.9. The molecule has 124 valence electrons. The van der Waals surface area contributed by atoms with E-state index in [1.165, 1.54) is 0 Å². The number of nitrogens with two attached hydrogens (primary N) is 1. The van der Waals surface area contributed by atoms with Crippen molar-refractivity contribution in [1.82, 2.24) is 15.2 Å². The number of aromatic nitrogens is 1. The summed E-state index contributed by atoms with van der Waals surface area (Å²) in [5.41, 5.74) is 6.16. The fourth-order valence-electron chi connectivity index (χ4n) is 4.39. The maximum absolute atomic E-state index is 12.1. The Hall–Kier alpha value is -1.95. The molecule has 0 aromatic carbocycles. The molecule has 1 saturated heterocycles. The third kappa shape index (κ3) is 2.83. The van der Waals surface area contributed by atoms with E-state index in [0.717, 1.165) is 18.7 Å². The molecule has 0 spiro atoms. The molecule has 6 heteroatoms. The van der Waals surface area contributed by atoms with Gasteiger partial charge in [-0.05, 0) is 29.9 Å². The highest BCUT2D eigenvalue weighted by Gasteiger charge is 2.65. The van der Waals surface area contributed by atoms with Crippen molar-refractivity contribution in [2.75, 3.05) is 19.6 Å². The van der Waals surface area contributed by atoms with Crippen LogP contribution in [0.3, 0.4) is 0 Å². The summed E-state index contributed by atoms with van der Waals surface area (Å²) in [7, 11) is 0. The van der Waals surface area contributed by atoms with E-state index in [1.54, 1.807) is 6.20 Å². The Morgan fingerprint density at radius 3 is 2.78 bits per heavy atom. The van der Waals surface area contributed by atoms with E-state index >= 15 is 0 Å². The van der Waals surface area contributed by atoms with Crippen LogP contribution in [0.25, 0.3) is 0 Å². The molecule has 1 aliphatic heterocycles. The summed E-state index contributed by atoms with van der Waals surface area (Å²) in [5.74, 6) is -0.0244. The summed E-state index contributed by atoms with van der Waals surface area (Å²) in [4.78, 5) is 30.3. The van der Waals surface area contributed by atoms with Gasteiger partial charge in [-0.2, -0.15) is 0 Å². The molecule has 0 bridgehead atoms. The van der Waals surface area contributed by atoms with Gasteiger partial charge in [0.05, 0.1) is 24.2 Å². The van der Waals surface area contributed by atoms with Crippen LogP contribution in [0.15, 0.2) is 24.4 Å². The van der Waals surface area contributed by atoms with Gasteiger partial charge < -0.3 is 11.1 Å². The minimum Gasteiger partial charge on any atom is -0.369 e. The second-order valence-electron chi connectivity index (χ2n) is 7.51. The number of carbonyl (C=O) groups is 2. The van der Waals surface area contributed by atoms with E-state index < -0.39 is 5.41 Å². The second kappa shape index (κ2) is 5.60. The molecule has 23 heavy (non-hydrogen) atoms. The van der Waals surface area contributed by atoms with Gasteiger partial charge in [-0.1, -0.05) is 19.9 Å². The van der Waals surface area contributed by atoms with Crippen molar-refractivity contribution < 1.29 is 9.59 Å². The number of amides is 2. The largest absolute Gasteiger partial charge is 0.369 e. The Morgan fingerprint density at radius 2 is 2.22 bits per heavy atom. The van der Waals surface area contributed by atoms with E-state index in [4.69, 9.17) is 5.73 Å². The van der Waals surface area contributed by atoms with Gasteiger partial charge in [0.15, 0.2) is 0 Å². The Balaban J connectivity index is 1.55. The van der Waals surface area contributed by atoms with Crippen LogP contribution >= 0.6 is 0 Å². The number of nitrogens with one attached hydrogen (secondary N) is 1. The van der Waals surface area contributed by atoms with Gasteiger partial charge in [0.1, 0.15) is 0 Å². The quantitative estimate of drug-likeness (QED) is 0.829. The van der Waals surface area contributed by atoms with Crippen LogP contribution in [-0.4, -0.2) is 41.3 Å². The summed E-state index contributed by atoms with van der Waals surface area (Å²) in [6.45, 7) is 6.41. The molecule has 1 aromatic rings. The van der Waals surface area contributed by atoms with Crippen LogP contribution < -0.4 is 11.1 Å². The molecule has 1 aliphatic carbocycles. The van der Waals surface area contributed by atoms with Crippen molar-refractivity contribution in [3.8, 4) is 0 Å². The maximum Gasteiger partial charge on any atom is 0.234 e. The highest BCUT2D eigenvalue weighted by atomic mass is 16.2. The van der Waals surface area contributed by atoms with Crippen molar-refractivity contribution in [2.45, 2.75) is 26.8 Å². The van der Waals surface area contributed by atoms with Crippen LogP contribution in [0.5, 0.6) is 0 Å². The van der Waals surface area contributed by atoms with Gasteiger partial charge in [0.25, 0.3) is 0 Å². The number of hydrogen-bond acceptors (Lipinski definition) is 4. The van der Waals surface area contributed by atoms with Gasteiger partial charge >= 0.3 is 0 Å². The highest BCUT2D eigenvalue weighted by molar-refractivity contribution is 5.84. The fourth-order valence-corrected chi connectivity index (χ4v) is 4.39. The van der Waals surface area contributed by atoms with Gasteiger partial charge in [0.2, 0.25) is 11.8 Å². The smallest absolute Gasteiger partial charge is 0.234 e. The number of nitrogens with zero attached hydrogens (tertiary/aromatic N) is 2. The Labute approximate surface area is 136 Å². The first-order valence-corrected chi connectivity index (χ1v) is 8.02. The topological polar surface area (TPSA) is 88.3 Å². The maximum atomic E-state index is 12.1. The summed E-state index contributed by atoms with van der Waals surface area (Å²) in [5, 5.41) is 2.88. The number of pyridine rings is 1. The summed E-state index contributed by atoms with van der Waals surface area (Å²) in [6.07, 6.45) is 2.52. The van der Waals surface area contributed by atoms with Crippen LogP contribution in [0.1, 0.15) is 26.0 Å². The lowest BCUT2D eigenvalue weighted by Crippen LogP contribution is -2.59. The summed E-state index contributed by atoms with van der Waals surface area (Å²) < 4.78 is 0. The second-order valence-corrected chi connectivity index (χ2v) is 7.51. The predicted octanol–water partition coefficient (Wildman–Crippen LogP) is 0.531. The number of likely N-dealkylation sites (tertiary alicyclic amines) is 1. The molecule has 2 amide bonds. The lowest BCUT2D eigenvalue weighted by atomic mass is 9.48. The molecule has 2 heterocycles. The summed E-state index contributed by atoms with van der Waals surface area (Å²) in [6, 6.07) is 5.61. The first-order chi connectivity index (χ1) is 10.8. The van der Waals surface area contributed by atoms with Gasteiger partial charge in [0, 0.05) is 19.3 Å². The minimum atomic E-state index is -0.440. The van der Waals surface area contributed by atoms with Crippen molar-refractivity contribution in [1.29, 1.82) is 0 Å². The fraction of sp³-hybridized carbons (Fsp3) is 0.588. The van der Waals surface area contributed by atoms with Crippen molar-refractivity contribution in [3.63, 3.8) is 0 Å². The summed E-state index contributed by atoms with van der Waals surface area (Å²) >= 11 is 0. The van der Waals surface area contributed by atoms with Crippen LogP contribution in [0, 0.1) is 16.7 Å². The predicted molar refractivity (Wildman–Crippen MR) is 86.0 cm³/mol. The zero-order valence-electron chi connectivity index (χ0n) is 13.7. The minimum absolute atomic E-state index is 0.0469. The zero-order chi connectivity index (χ0) is 16.7. The molecule has 0 unspecified atom stereocenters. The van der Waals surface area contributed by atoms with E-state index in [2.05, 4.69) is 29.0 Å². The highest BCUT2D eigenvalue weighted by Crippen LogP contribution is 2.62. The van der Waals surface area contributed by atoms with Gasteiger partial charge in [-0.25, -0.2) is 0 Å². The van der Waals surface area contributed by atoms with E-state index in [-0.39, 0.29) is 23.1 Å². The van der Waals surface area contributed by atoms with Crippen molar-refractivity contribution >= 4 is 11.8 Å². The third-order valence-corrected chi connectivity index (χ3v) is 5.38. The molecule has 3 N–H and O–H groups in total. The zero-order valence-corrected chi connectivity index (χ0v) is 13.7. The number of hydrogen-bond donors (Lipinski definition) is 2. The lowest BCUT2D eigenvalue weighted by Gasteiger charge is -2.54. The Kier molecular flexibility index (Phi) is 3.88. The Bertz CT molecular complexity index is 616. The third-order valence-electron chi connectivity index (χ3n) is 5.38. The van der Waals surface area contributed by atoms with Crippen LogP contribution in [-0.2, 0) is 16.1 Å². The van der Waals surface area contributed by atoms with E-state index in [1.807, 2.05) is 18.2 Å². The molecule has 1 saturated carbocycles.